The van der Waals surface area contributed by atoms with Crippen molar-refractivity contribution in [2.24, 2.45) is 0 Å². The Hall–Kier alpha value is -3.22. The molecule has 0 spiro atoms. The molecule has 7 heteroatoms. The first-order valence-electron chi connectivity index (χ1n) is 8.48. The summed E-state index contributed by atoms with van der Waals surface area (Å²) in [5.74, 6) is -0.267. The first-order chi connectivity index (χ1) is 12.7. The summed E-state index contributed by atoms with van der Waals surface area (Å²) in [6.45, 7) is 2.16. The van der Waals surface area contributed by atoms with Gasteiger partial charge in [-0.15, -0.1) is 5.10 Å². The molecule has 0 N–H and O–H groups in total. The molecule has 3 aromatic rings. The second kappa shape index (κ2) is 6.95. The Kier molecular flexibility index (Phi) is 4.35. The minimum Gasteiger partial charge on any atom is -0.366 e. The molecule has 1 aliphatic rings. The van der Waals surface area contributed by atoms with Crippen LogP contribution in [0.2, 0.25) is 0 Å². The van der Waals surface area contributed by atoms with Gasteiger partial charge in [-0.05, 0) is 24.3 Å². The van der Waals surface area contributed by atoms with Crippen molar-refractivity contribution in [1.29, 1.82) is 0 Å². The fraction of sp³-hybridized carbons (Fsp3) is 0.211. The Morgan fingerprint density at radius 1 is 0.923 bits per heavy atom. The Morgan fingerprint density at radius 2 is 1.62 bits per heavy atom. The molecule has 0 bridgehead atoms. The molecule has 0 radical (unpaired) electrons. The zero-order valence-corrected chi connectivity index (χ0v) is 14.1. The van der Waals surface area contributed by atoms with Gasteiger partial charge in [-0.25, -0.2) is 14.1 Å². The maximum atomic E-state index is 13.9. The number of para-hydroxylation sites is 2. The van der Waals surface area contributed by atoms with Gasteiger partial charge in [0.2, 0.25) is 5.82 Å². The van der Waals surface area contributed by atoms with E-state index < -0.39 is 0 Å². The van der Waals surface area contributed by atoms with Crippen molar-refractivity contribution in [3.8, 4) is 5.69 Å². The first-order valence-corrected chi connectivity index (χ1v) is 8.48. The van der Waals surface area contributed by atoms with Crippen LogP contribution in [0.15, 0.2) is 60.9 Å². The van der Waals surface area contributed by atoms with E-state index in [2.05, 4.69) is 10.1 Å². The van der Waals surface area contributed by atoms with Crippen LogP contribution in [-0.4, -0.2) is 51.8 Å². The number of hydrogen-bond donors (Lipinski definition) is 0. The average Bonchev–Trinajstić information content (AvgIpc) is 3.19. The summed E-state index contributed by atoms with van der Waals surface area (Å²) in [6.07, 6.45) is 1.54. The number of halogens is 1. The molecule has 26 heavy (non-hydrogen) atoms. The Bertz CT molecular complexity index is 903. The zero-order chi connectivity index (χ0) is 17.9. The molecule has 0 aliphatic carbocycles. The molecule has 1 aromatic heterocycles. The lowest BCUT2D eigenvalue weighted by molar-refractivity contribution is 0.0734. The highest BCUT2D eigenvalue weighted by Crippen LogP contribution is 2.20. The number of piperazine rings is 1. The maximum absolute atomic E-state index is 13.9. The molecule has 2 heterocycles. The quantitative estimate of drug-likeness (QED) is 0.727. The van der Waals surface area contributed by atoms with Gasteiger partial charge in [0, 0.05) is 26.2 Å². The first kappa shape index (κ1) is 16.3. The molecule has 6 nitrogen and oxygen atoms in total. The fourth-order valence-electron chi connectivity index (χ4n) is 3.07. The number of carbonyl (C=O) groups is 1. The summed E-state index contributed by atoms with van der Waals surface area (Å²) in [6, 6.07) is 16.2. The number of aromatic nitrogens is 3. The summed E-state index contributed by atoms with van der Waals surface area (Å²) in [4.78, 5) is 20.5. The SMILES string of the molecule is O=C(c1ncn(-c2ccccc2)n1)N1CCN(c2ccccc2F)CC1. The molecular weight excluding hydrogens is 333 g/mol. The average molecular weight is 351 g/mol. The summed E-state index contributed by atoms with van der Waals surface area (Å²) < 4.78 is 15.5. The highest BCUT2D eigenvalue weighted by atomic mass is 19.1. The van der Waals surface area contributed by atoms with Gasteiger partial charge >= 0.3 is 0 Å². The van der Waals surface area contributed by atoms with Crippen LogP contribution in [0.4, 0.5) is 10.1 Å². The molecule has 132 valence electrons. The number of rotatable bonds is 3. The third kappa shape index (κ3) is 3.15. The van der Waals surface area contributed by atoms with E-state index in [1.807, 2.05) is 41.3 Å². The summed E-state index contributed by atoms with van der Waals surface area (Å²) in [5.41, 5.74) is 1.43. The van der Waals surface area contributed by atoms with Crippen molar-refractivity contribution in [2.75, 3.05) is 31.1 Å². The fourth-order valence-corrected chi connectivity index (χ4v) is 3.07. The van der Waals surface area contributed by atoms with E-state index in [1.54, 1.807) is 21.7 Å². The largest absolute Gasteiger partial charge is 0.366 e. The molecule has 0 atom stereocenters. The molecule has 4 rings (SSSR count). The molecule has 2 aromatic carbocycles. The second-order valence-electron chi connectivity index (χ2n) is 6.08. The van der Waals surface area contributed by atoms with Crippen molar-refractivity contribution in [1.82, 2.24) is 19.7 Å². The van der Waals surface area contributed by atoms with Gasteiger partial charge < -0.3 is 9.80 Å². The topological polar surface area (TPSA) is 54.3 Å². The van der Waals surface area contributed by atoms with Crippen molar-refractivity contribution < 1.29 is 9.18 Å². The molecular formula is C19H18FN5O. The van der Waals surface area contributed by atoms with Gasteiger partial charge in [0.1, 0.15) is 12.1 Å². The van der Waals surface area contributed by atoms with Gasteiger partial charge in [-0.2, -0.15) is 0 Å². The van der Waals surface area contributed by atoms with Crippen LogP contribution >= 0.6 is 0 Å². The molecule has 1 amide bonds. The van der Waals surface area contributed by atoms with Crippen LogP contribution in [0.25, 0.3) is 5.69 Å². The van der Waals surface area contributed by atoms with Crippen LogP contribution in [-0.2, 0) is 0 Å². The molecule has 1 fully saturated rings. The van der Waals surface area contributed by atoms with E-state index in [0.29, 0.717) is 31.9 Å². The smallest absolute Gasteiger partial charge is 0.293 e. The Morgan fingerprint density at radius 3 is 2.35 bits per heavy atom. The minimum atomic E-state index is -0.240. The van der Waals surface area contributed by atoms with Crippen molar-refractivity contribution in [3.05, 3.63) is 72.6 Å². The standard InChI is InChI=1S/C19H18FN5O/c20-16-8-4-5-9-17(16)23-10-12-24(13-11-23)19(26)18-21-14-25(22-18)15-6-2-1-3-7-15/h1-9,14H,10-13H2. The highest BCUT2D eigenvalue weighted by molar-refractivity contribution is 5.90. The monoisotopic (exact) mass is 351 g/mol. The van der Waals surface area contributed by atoms with Crippen molar-refractivity contribution in [3.63, 3.8) is 0 Å². The van der Waals surface area contributed by atoms with Crippen LogP contribution in [0.1, 0.15) is 10.6 Å². The number of anilines is 1. The predicted octanol–water partition coefficient (Wildman–Crippen LogP) is 2.37. The molecule has 1 saturated heterocycles. The Balaban J connectivity index is 1.43. The predicted molar refractivity (Wildman–Crippen MR) is 95.9 cm³/mol. The number of carbonyl (C=O) groups excluding carboxylic acids is 1. The maximum Gasteiger partial charge on any atom is 0.293 e. The van der Waals surface area contributed by atoms with E-state index in [-0.39, 0.29) is 17.5 Å². The minimum absolute atomic E-state index is 0.174. The van der Waals surface area contributed by atoms with E-state index in [0.717, 1.165) is 5.69 Å². The van der Waals surface area contributed by atoms with Crippen LogP contribution < -0.4 is 4.90 Å². The van der Waals surface area contributed by atoms with Gasteiger partial charge in [0.25, 0.3) is 5.91 Å². The number of nitrogens with zero attached hydrogens (tertiary/aromatic N) is 5. The van der Waals surface area contributed by atoms with Crippen LogP contribution in [0.3, 0.4) is 0 Å². The van der Waals surface area contributed by atoms with Crippen LogP contribution in [0, 0.1) is 5.82 Å². The highest BCUT2D eigenvalue weighted by Gasteiger charge is 2.25. The van der Waals surface area contributed by atoms with Crippen molar-refractivity contribution in [2.45, 2.75) is 0 Å². The number of amides is 1. The number of hydrogen-bond acceptors (Lipinski definition) is 4. The van der Waals surface area contributed by atoms with Gasteiger partial charge in [0.05, 0.1) is 11.4 Å². The van der Waals surface area contributed by atoms with E-state index in [1.165, 1.54) is 12.4 Å². The lowest BCUT2D eigenvalue weighted by Crippen LogP contribution is -2.49. The molecule has 0 unspecified atom stereocenters. The summed E-state index contributed by atoms with van der Waals surface area (Å²) in [5, 5.41) is 4.29. The van der Waals surface area contributed by atoms with Gasteiger partial charge in [0.15, 0.2) is 0 Å². The lowest BCUT2D eigenvalue weighted by atomic mass is 10.2. The third-order valence-corrected chi connectivity index (χ3v) is 4.46. The Labute approximate surface area is 150 Å². The van der Waals surface area contributed by atoms with E-state index in [9.17, 15) is 9.18 Å². The second-order valence-corrected chi connectivity index (χ2v) is 6.08. The zero-order valence-electron chi connectivity index (χ0n) is 14.1. The van der Waals surface area contributed by atoms with E-state index in [4.69, 9.17) is 0 Å². The molecule has 1 aliphatic heterocycles. The lowest BCUT2D eigenvalue weighted by Gasteiger charge is -2.35. The summed E-state index contributed by atoms with van der Waals surface area (Å²) >= 11 is 0. The normalized spacial score (nSPS) is 14.5. The third-order valence-electron chi connectivity index (χ3n) is 4.46. The van der Waals surface area contributed by atoms with E-state index >= 15 is 0 Å². The van der Waals surface area contributed by atoms with Crippen molar-refractivity contribution >= 4 is 11.6 Å². The van der Waals surface area contributed by atoms with Gasteiger partial charge in [-0.1, -0.05) is 30.3 Å². The summed E-state index contributed by atoms with van der Waals surface area (Å²) in [7, 11) is 0. The number of benzene rings is 2. The van der Waals surface area contributed by atoms with Gasteiger partial charge in [-0.3, -0.25) is 4.79 Å². The molecule has 0 saturated carbocycles. The van der Waals surface area contributed by atoms with Crippen LogP contribution in [0.5, 0.6) is 0 Å².